The lowest BCUT2D eigenvalue weighted by Gasteiger charge is -2.42. The van der Waals surface area contributed by atoms with Gasteiger partial charge in [-0.3, -0.25) is 23.9 Å². The number of nitrogens with zero attached hydrogens (tertiary/aromatic N) is 4. The van der Waals surface area contributed by atoms with Crippen LogP contribution in [0.3, 0.4) is 0 Å². The van der Waals surface area contributed by atoms with Crippen molar-refractivity contribution in [3.05, 3.63) is 96.2 Å². The van der Waals surface area contributed by atoms with E-state index in [9.17, 15) is 19.2 Å². The minimum absolute atomic E-state index is 0.103. The maximum Gasteiger partial charge on any atom is 0.330 e. The Hall–Kier alpha value is -4.45. The molecular weight excluding hydrogens is 645 g/mol. The number of benzene rings is 2. The molecule has 1 fully saturated rings. The third-order valence-corrected chi connectivity index (χ3v) is 9.61. The second-order valence-corrected chi connectivity index (χ2v) is 12.4. The normalized spacial score (nSPS) is 16.0. The fourth-order valence-electron chi connectivity index (χ4n) is 6.35. The first-order chi connectivity index (χ1) is 22.5. The molecule has 1 saturated heterocycles. The van der Waals surface area contributed by atoms with Gasteiger partial charge < -0.3 is 19.4 Å². The Morgan fingerprint density at radius 3 is 2.40 bits per heavy atom. The summed E-state index contributed by atoms with van der Waals surface area (Å²) in [6.07, 6.45) is 2.91. The quantitative estimate of drug-likeness (QED) is 0.262. The van der Waals surface area contributed by atoms with Gasteiger partial charge in [0, 0.05) is 61.7 Å². The number of esters is 1. The Labute approximate surface area is 280 Å². The van der Waals surface area contributed by atoms with Crippen LogP contribution in [0.4, 0.5) is 5.69 Å². The molecule has 0 saturated carbocycles. The van der Waals surface area contributed by atoms with Crippen molar-refractivity contribution in [1.82, 2.24) is 19.0 Å². The van der Waals surface area contributed by atoms with Gasteiger partial charge in [0.15, 0.2) is 0 Å². The number of aryl methyl sites for hydroxylation is 2. The van der Waals surface area contributed by atoms with Crippen LogP contribution in [0, 0.1) is 5.92 Å². The van der Waals surface area contributed by atoms with Gasteiger partial charge in [0.25, 0.3) is 11.5 Å². The first-order valence-corrected chi connectivity index (χ1v) is 15.9. The van der Waals surface area contributed by atoms with E-state index in [0.29, 0.717) is 53.0 Å². The van der Waals surface area contributed by atoms with Crippen LogP contribution in [-0.2, 0) is 30.0 Å². The number of carbonyl (C=O) groups excluding carboxylic acids is 2. The highest BCUT2D eigenvalue weighted by Gasteiger charge is 2.42. The van der Waals surface area contributed by atoms with Gasteiger partial charge >= 0.3 is 11.7 Å². The number of hydrogen-bond acceptors (Lipinski definition) is 8. The fraction of sp³-hybridized carbons (Fsp3) is 0.324. The predicted molar refractivity (Wildman–Crippen MR) is 179 cm³/mol. The molecule has 2 aromatic heterocycles. The van der Waals surface area contributed by atoms with Gasteiger partial charge in [0.05, 0.1) is 41.1 Å². The molecule has 2 aliphatic rings. The number of ether oxygens (including phenoxy) is 2. The zero-order chi connectivity index (χ0) is 33.6. The zero-order valence-corrected chi connectivity index (χ0v) is 27.8. The number of rotatable bonds is 8. The molecule has 3 heterocycles. The number of likely N-dealkylation sites (tertiary alicyclic amines) is 1. The van der Waals surface area contributed by atoms with Gasteiger partial charge in [0.1, 0.15) is 5.56 Å². The monoisotopic (exact) mass is 677 g/mol. The van der Waals surface area contributed by atoms with Crippen molar-refractivity contribution in [3.8, 4) is 28.3 Å². The SMILES string of the molecule is CCOC(=O)C1CN([C@@H]2CCc3cc(-c4cccc(-c5cccc(NC(=O)c6cn(C)c(=O)n(C)c6=O)c5Cl)c4Cl)nc(OC)c32)C1. The van der Waals surface area contributed by atoms with E-state index in [0.717, 1.165) is 33.1 Å². The van der Waals surface area contributed by atoms with Crippen LogP contribution in [0.5, 0.6) is 5.88 Å². The van der Waals surface area contributed by atoms with E-state index in [1.165, 1.54) is 20.3 Å². The predicted octanol–water partition coefficient (Wildman–Crippen LogP) is 4.86. The number of aromatic nitrogens is 3. The molecule has 2 aromatic carbocycles. The Morgan fingerprint density at radius 1 is 1.02 bits per heavy atom. The topological polar surface area (TPSA) is 125 Å². The number of nitrogens with one attached hydrogen (secondary N) is 1. The number of hydrogen-bond donors (Lipinski definition) is 1. The van der Waals surface area contributed by atoms with Crippen molar-refractivity contribution < 1.29 is 19.1 Å². The molecule has 1 N–H and O–H groups in total. The number of halogens is 2. The van der Waals surface area contributed by atoms with E-state index in [2.05, 4.69) is 10.2 Å². The van der Waals surface area contributed by atoms with Crippen LogP contribution < -0.4 is 21.3 Å². The molecule has 244 valence electrons. The van der Waals surface area contributed by atoms with E-state index in [-0.39, 0.29) is 34.2 Å². The molecule has 0 spiro atoms. The summed E-state index contributed by atoms with van der Waals surface area (Å²) >= 11 is 13.9. The summed E-state index contributed by atoms with van der Waals surface area (Å²) in [5, 5.41) is 3.33. The summed E-state index contributed by atoms with van der Waals surface area (Å²) in [6, 6.07) is 12.8. The molecule has 0 radical (unpaired) electrons. The highest BCUT2D eigenvalue weighted by Crippen LogP contribution is 2.46. The Balaban J connectivity index is 1.29. The number of amides is 1. The maximum absolute atomic E-state index is 13.1. The van der Waals surface area contributed by atoms with Crippen molar-refractivity contribution in [3.63, 3.8) is 0 Å². The molecular formula is C34H33Cl2N5O6. The zero-order valence-electron chi connectivity index (χ0n) is 26.3. The van der Waals surface area contributed by atoms with Gasteiger partial charge in [-0.2, -0.15) is 0 Å². The van der Waals surface area contributed by atoms with E-state index in [1.807, 2.05) is 31.2 Å². The van der Waals surface area contributed by atoms with Crippen molar-refractivity contribution in [2.24, 2.45) is 20.0 Å². The van der Waals surface area contributed by atoms with E-state index < -0.39 is 17.2 Å². The molecule has 11 nitrogen and oxygen atoms in total. The van der Waals surface area contributed by atoms with Gasteiger partial charge in [-0.1, -0.05) is 53.5 Å². The van der Waals surface area contributed by atoms with Crippen molar-refractivity contribution >= 4 is 40.8 Å². The number of fused-ring (bicyclic) bond motifs is 1. The van der Waals surface area contributed by atoms with Crippen molar-refractivity contribution in [2.75, 3.05) is 32.1 Å². The van der Waals surface area contributed by atoms with E-state index in [1.54, 1.807) is 25.3 Å². The summed E-state index contributed by atoms with van der Waals surface area (Å²) in [6.45, 7) is 3.47. The highest BCUT2D eigenvalue weighted by molar-refractivity contribution is 6.39. The molecule has 6 rings (SSSR count). The standard InChI is InChI=1S/C34H33Cl2N5O6/c1-5-47-33(44)19-15-41(16-19)26-13-12-18-14-25(38-31(46-4)27(18)26)22-10-6-8-20(28(22)35)21-9-7-11-24(29(21)36)37-30(42)23-17-39(2)34(45)40(3)32(23)43/h6-11,14,17,19,26H,5,12-13,15-16H2,1-4H3,(H,37,42)/t26-/m1/s1. The molecule has 1 amide bonds. The smallest absolute Gasteiger partial charge is 0.330 e. The molecule has 4 aromatic rings. The lowest BCUT2D eigenvalue weighted by atomic mass is 9.95. The van der Waals surface area contributed by atoms with Crippen LogP contribution in [0.25, 0.3) is 22.4 Å². The second kappa shape index (κ2) is 13.0. The fourth-order valence-corrected chi connectivity index (χ4v) is 6.94. The van der Waals surface area contributed by atoms with Crippen LogP contribution in [0.15, 0.2) is 58.3 Å². The summed E-state index contributed by atoms with van der Waals surface area (Å²) in [5.41, 5.74) is 3.45. The summed E-state index contributed by atoms with van der Waals surface area (Å²) in [4.78, 5) is 57.1. The molecule has 13 heteroatoms. The molecule has 0 bridgehead atoms. The lowest BCUT2D eigenvalue weighted by Crippen LogP contribution is -2.51. The minimum atomic E-state index is -0.719. The average Bonchev–Trinajstić information content (AvgIpc) is 3.45. The average molecular weight is 679 g/mol. The van der Waals surface area contributed by atoms with Crippen molar-refractivity contribution in [1.29, 1.82) is 0 Å². The van der Waals surface area contributed by atoms with Crippen LogP contribution in [0.1, 0.15) is 40.9 Å². The Kier molecular flexibility index (Phi) is 8.97. The maximum atomic E-state index is 13.1. The molecule has 1 atom stereocenters. The number of methoxy groups -OCH3 is 1. The molecule has 1 aliphatic heterocycles. The highest BCUT2D eigenvalue weighted by atomic mass is 35.5. The molecule has 0 unspecified atom stereocenters. The molecule has 1 aliphatic carbocycles. The van der Waals surface area contributed by atoms with Gasteiger partial charge in [-0.05, 0) is 37.5 Å². The number of carbonyl (C=O) groups is 2. The minimum Gasteiger partial charge on any atom is -0.481 e. The number of anilines is 1. The van der Waals surface area contributed by atoms with Crippen molar-refractivity contribution in [2.45, 2.75) is 25.8 Å². The third kappa shape index (κ3) is 5.83. The first kappa shape index (κ1) is 32.5. The van der Waals surface area contributed by atoms with Gasteiger partial charge in [-0.25, -0.2) is 9.78 Å². The van der Waals surface area contributed by atoms with Crippen LogP contribution in [0.2, 0.25) is 10.0 Å². The number of pyridine rings is 1. The first-order valence-electron chi connectivity index (χ1n) is 15.2. The Bertz CT molecular complexity index is 2030. The largest absolute Gasteiger partial charge is 0.481 e. The van der Waals surface area contributed by atoms with E-state index >= 15 is 0 Å². The van der Waals surface area contributed by atoms with E-state index in [4.69, 9.17) is 37.7 Å². The summed E-state index contributed by atoms with van der Waals surface area (Å²) < 4.78 is 13.0. The van der Waals surface area contributed by atoms with Crippen LogP contribution >= 0.6 is 23.2 Å². The van der Waals surface area contributed by atoms with Gasteiger partial charge in [0.2, 0.25) is 5.88 Å². The third-order valence-electron chi connectivity index (χ3n) is 8.80. The van der Waals surface area contributed by atoms with Crippen LogP contribution in [-0.4, -0.2) is 57.7 Å². The summed E-state index contributed by atoms with van der Waals surface area (Å²) in [7, 11) is 4.37. The molecule has 47 heavy (non-hydrogen) atoms. The second-order valence-electron chi connectivity index (χ2n) is 11.6. The lowest BCUT2D eigenvalue weighted by molar-refractivity contribution is -0.155. The Morgan fingerprint density at radius 2 is 1.70 bits per heavy atom. The van der Waals surface area contributed by atoms with Gasteiger partial charge in [-0.15, -0.1) is 0 Å². The summed E-state index contributed by atoms with van der Waals surface area (Å²) in [5.74, 6) is -0.450.